The molecule has 136 valence electrons. The fraction of sp³-hybridized carbons (Fsp3) is 0.263. The Labute approximate surface area is 156 Å². The molecule has 0 saturated heterocycles. The Morgan fingerprint density at radius 3 is 2.50 bits per heavy atom. The van der Waals surface area contributed by atoms with E-state index in [-0.39, 0.29) is 5.82 Å². The molecule has 0 bridgehead atoms. The quantitative estimate of drug-likeness (QED) is 0.436. The normalized spacial score (nSPS) is 10.7. The van der Waals surface area contributed by atoms with Crippen LogP contribution < -0.4 is 9.47 Å². The number of rotatable bonds is 8. The zero-order valence-corrected chi connectivity index (χ0v) is 15.5. The highest BCUT2D eigenvalue weighted by atomic mass is 32.2. The van der Waals surface area contributed by atoms with E-state index in [1.807, 2.05) is 35.8 Å². The fourth-order valence-electron chi connectivity index (χ4n) is 2.54. The van der Waals surface area contributed by atoms with Gasteiger partial charge in [-0.15, -0.1) is 10.2 Å². The van der Waals surface area contributed by atoms with Crippen LogP contribution in [0, 0.1) is 5.82 Å². The van der Waals surface area contributed by atoms with Gasteiger partial charge in [-0.25, -0.2) is 4.39 Å². The maximum atomic E-state index is 14.0. The second-order valence-electron chi connectivity index (χ2n) is 5.38. The van der Waals surface area contributed by atoms with Crippen LogP contribution in [0.1, 0.15) is 6.92 Å². The molecule has 2 aromatic carbocycles. The molecule has 3 rings (SSSR count). The number of nitrogens with zero attached hydrogens (tertiary/aromatic N) is 3. The second kappa shape index (κ2) is 8.71. The smallest absolute Gasteiger partial charge is 0.191 e. The van der Waals surface area contributed by atoms with Crippen molar-refractivity contribution in [3.8, 4) is 22.9 Å². The van der Waals surface area contributed by atoms with E-state index < -0.39 is 0 Å². The summed E-state index contributed by atoms with van der Waals surface area (Å²) in [5.41, 5.74) is 0.457. The van der Waals surface area contributed by atoms with Gasteiger partial charge in [-0.05, 0) is 31.2 Å². The molecule has 0 atom stereocenters. The minimum absolute atomic E-state index is 0.300. The van der Waals surface area contributed by atoms with E-state index in [1.54, 1.807) is 25.3 Å². The van der Waals surface area contributed by atoms with Crippen LogP contribution in [-0.4, -0.2) is 34.2 Å². The lowest BCUT2D eigenvalue weighted by Gasteiger charge is -2.10. The first-order valence-electron chi connectivity index (χ1n) is 8.31. The van der Waals surface area contributed by atoms with Gasteiger partial charge in [0.1, 0.15) is 5.82 Å². The van der Waals surface area contributed by atoms with Crippen molar-refractivity contribution in [2.24, 2.45) is 0 Å². The van der Waals surface area contributed by atoms with Crippen molar-refractivity contribution in [3.05, 3.63) is 54.3 Å². The lowest BCUT2D eigenvalue weighted by molar-refractivity contribution is 0.313. The lowest BCUT2D eigenvalue weighted by Crippen LogP contribution is -2.04. The number of ether oxygens (including phenoxy) is 2. The van der Waals surface area contributed by atoms with Gasteiger partial charge in [0, 0.05) is 12.3 Å². The third kappa shape index (κ3) is 3.99. The monoisotopic (exact) mass is 373 g/mol. The van der Waals surface area contributed by atoms with Gasteiger partial charge in [-0.3, -0.25) is 0 Å². The van der Waals surface area contributed by atoms with Crippen LogP contribution in [0.3, 0.4) is 0 Å². The molecule has 0 aliphatic carbocycles. The maximum absolute atomic E-state index is 14.0. The highest BCUT2D eigenvalue weighted by Crippen LogP contribution is 2.28. The Morgan fingerprint density at radius 2 is 1.77 bits per heavy atom. The number of methoxy groups -OCH3 is 1. The van der Waals surface area contributed by atoms with Crippen molar-refractivity contribution in [3.63, 3.8) is 0 Å². The molecule has 7 heteroatoms. The summed E-state index contributed by atoms with van der Waals surface area (Å²) >= 11 is 1.53. The Hall–Kier alpha value is -2.54. The molecule has 0 amide bonds. The first-order chi connectivity index (χ1) is 12.7. The SMILES string of the molecule is CCn1c(SCCOc2ccccc2OC)nnc1-c1ccccc1F. The number of hydrogen-bond donors (Lipinski definition) is 0. The van der Waals surface area contributed by atoms with Crippen molar-refractivity contribution in [2.45, 2.75) is 18.6 Å². The molecule has 0 fully saturated rings. The van der Waals surface area contributed by atoms with Gasteiger partial charge < -0.3 is 14.0 Å². The summed E-state index contributed by atoms with van der Waals surface area (Å²) in [5.74, 6) is 2.34. The largest absolute Gasteiger partial charge is 0.493 e. The molecule has 0 aliphatic rings. The lowest BCUT2D eigenvalue weighted by atomic mass is 10.2. The standard InChI is InChI=1S/C19H20FN3O2S/c1-3-23-18(14-8-4-5-9-15(14)20)21-22-19(23)26-13-12-25-17-11-7-6-10-16(17)24-2/h4-11H,3,12-13H2,1-2H3. The number of para-hydroxylation sites is 2. The molecule has 0 spiro atoms. The first-order valence-corrected chi connectivity index (χ1v) is 9.30. The van der Waals surface area contributed by atoms with Crippen LogP contribution in [0.4, 0.5) is 4.39 Å². The van der Waals surface area contributed by atoms with E-state index in [1.165, 1.54) is 17.8 Å². The third-order valence-electron chi connectivity index (χ3n) is 3.79. The maximum Gasteiger partial charge on any atom is 0.191 e. The summed E-state index contributed by atoms with van der Waals surface area (Å²) in [6.45, 7) is 3.14. The van der Waals surface area contributed by atoms with E-state index in [0.717, 1.165) is 5.16 Å². The predicted molar refractivity (Wildman–Crippen MR) is 100 cm³/mol. The molecule has 3 aromatic rings. The summed E-state index contributed by atoms with van der Waals surface area (Å²) in [5, 5.41) is 9.13. The molecular weight excluding hydrogens is 353 g/mol. The summed E-state index contributed by atoms with van der Waals surface area (Å²) in [4.78, 5) is 0. The molecule has 0 N–H and O–H groups in total. The molecular formula is C19H20FN3O2S. The molecule has 0 aliphatic heterocycles. The Kier molecular flexibility index (Phi) is 6.12. The van der Waals surface area contributed by atoms with Gasteiger partial charge >= 0.3 is 0 Å². The van der Waals surface area contributed by atoms with Crippen LogP contribution in [0.2, 0.25) is 0 Å². The zero-order chi connectivity index (χ0) is 18.4. The molecule has 0 unspecified atom stereocenters. The second-order valence-corrected chi connectivity index (χ2v) is 6.44. The topological polar surface area (TPSA) is 49.2 Å². The van der Waals surface area contributed by atoms with Gasteiger partial charge in [0.2, 0.25) is 0 Å². The minimum Gasteiger partial charge on any atom is -0.493 e. The highest BCUT2D eigenvalue weighted by molar-refractivity contribution is 7.99. The van der Waals surface area contributed by atoms with Crippen molar-refractivity contribution in [1.29, 1.82) is 0 Å². The number of thioether (sulfide) groups is 1. The Balaban J connectivity index is 1.65. The van der Waals surface area contributed by atoms with Gasteiger partial charge in [0.05, 0.1) is 19.3 Å². The Bertz CT molecular complexity index is 869. The Morgan fingerprint density at radius 1 is 1.04 bits per heavy atom. The molecule has 0 radical (unpaired) electrons. The summed E-state index contributed by atoms with van der Waals surface area (Å²) < 4.78 is 27.0. The average Bonchev–Trinajstić information content (AvgIpc) is 3.08. The van der Waals surface area contributed by atoms with Crippen molar-refractivity contribution in [1.82, 2.24) is 14.8 Å². The third-order valence-corrected chi connectivity index (χ3v) is 4.72. The van der Waals surface area contributed by atoms with E-state index >= 15 is 0 Å². The molecule has 26 heavy (non-hydrogen) atoms. The molecule has 1 aromatic heterocycles. The van der Waals surface area contributed by atoms with Crippen LogP contribution in [0.25, 0.3) is 11.4 Å². The first kappa shape index (κ1) is 18.3. The van der Waals surface area contributed by atoms with E-state index in [0.29, 0.717) is 41.8 Å². The summed E-state index contributed by atoms with van der Waals surface area (Å²) in [7, 11) is 1.62. The van der Waals surface area contributed by atoms with Crippen LogP contribution in [-0.2, 0) is 6.54 Å². The van der Waals surface area contributed by atoms with E-state index in [9.17, 15) is 4.39 Å². The predicted octanol–water partition coefficient (Wildman–Crippen LogP) is 4.28. The summed E-state index contributed by atoms with van der Waals surface area (Å²) in [6.07, 6.45) is 0. The van der Waals surface area contributed by atoms with E-state index in [2.05, 4.69) is 10.2 Å². The van der Waals surface area contributed by atoms with E-state index in [4.69, 9.17) is 9.47 Å². The molecule has 1 heterocycles. The van der Waals surface area contributed by atoms with Crippen molar-refractivity contribution in [2.75, 3.05) is 19.5 Å². The van der Waals surface area contributed by atoms with Gasteiger partial charge in [-0.1, -0.05) is 36.0 Å². The van der Waals surface area contributed by atoms with Crippen LogP contribution >= 0.6 is 11.8 Å². The number of hydrogen-bond acceptors (Lipinski definition) is 5. The average molecular weight is 373 g/mol. The van der Waals surface area contributed by atoms with Crippen molar-refractivity contribution >= 4 is 11.8 Å². The van der Waals surface area contributed by atoms with Crippen LogP contribution in [0.15, 0.2) is 53.7 Å². The zero-order valence-electron chi connectivity index (χ0n) is 14.7. The van der Waals surface area contributed by atoms with Gasteiger partial charge in [-0.2, -0.15) is 0 Å². The minimum atomic E-state index is -0.300. The van der Waals surface area contributed by atoms with Gasteiger partial charge in [0.25, 0.3) is 0 Å². The number of aromatic nitrogens is 3. The summed E-state index contributed by atoms with van der Waals surface area (Å²) in [6, 6.07) is 14.1. The number of benzene rings is 2. The highest BCUT2D eigenvalue weighted by Gasteiger charge is 2.16. The van der Waals surface area contributed by atoms with Crippen molar-refractivity contribution < 1.29 is 13.9 Å². The molecule has 0 saturated carbocycles. The van der Waals surface area contributed by atoms with Gasteiger partial charge in [0.15, 0.2) is 22.5 Å². The number of halogens is 1. The molecule has 5 nitrogen and oxygen atoms in total. The fourth-order valence-corrected chi connectivity index (χ4v) is 3.36. The van der Waals surface area contributed by atoms with Crippen LogP contribution in [0.5, 0.6) is 11.5 Å².